The number of aromatic nitrogens is 6. The highest BCUT2D eigenvalue weighted by Gasteiger charge is 2.42. The van der Waals surface area contributed by atoms with Gasteiger partial charge >= 0.3 is 11.9 Å². The van der Waals surface area contributed by atoms with Crippen molar-refractivity contribution in [2.45, 2.75) is 45.2 Å². The molecule has 2 heterocycles. The molecule has 0 saturated carbocycles. The molecule has 0 amide bonds. The number of hydrogen-bond acceptors (Lipinski definition) is 10. The normalized spacial score (nSPS) is 11.3. The number of carbonyl (C=O) groups excluding carboxylic acids is 2. The largest absolute Gasteiger partial charge is 0.476 e. The number of carbonyl (C=O) groups is 2. The third kappa shape index (κ3) is 8.06. The molecule has 7 aromatic rings. The number of ether oxygens (including phenoxy) is 3. The van der Waals surface area contributed by atoms with Gasteiger partial charge in [0.2, 0.25) is 0 Å². The molecule has 0 aliphatic heterocycles. The van der Waals surface area contributed by atoms with E-state index in [1.54, 1.807) is 13.8 Å². The molecule has 304 valence electrons. The second kappa shape index (κ2) is 18.8. The number of benzene rings is 5. The smallest absolute Gasteiger partial charge is 0.325 e. The predicted molar refractivity (Wildman–Crippen MR) is 228 cm³/mol. The van der Waals surface area contributed by atoms with Crippen LogP contribution in [0.2, 0.25) is 5.02 Å². The minimum Gasteiger partial charge on any atom is -0.476 e. The van der Waals surface area contributed by atoms with Gasteiger partial charge in [-0.25, -0.2) is 9.36 Å². The average molecular weight is 823 g/mol. The SMILES string of the molecule is CCCOc1nn(Cc2ccc(-c3ccccc3-c3nnnn3C(c3ccccc3)(c3ccccc3)c3ccccc3)cc2)c(=O)c(C(C(=O)OCC)C(=O)OCC)c1Cl. The maximum atomic E-state index is 14.1. The van der Waals surface area contributed by atoms with E-state index in [2.05, 4.69) is 51.8 Å². The van der Waals surface area contributed by atoms with Crippen LogP contribution in [0.25, 0.3) is 22.5 Å². The molecule has 0 spiro atoms. The first-order valence-corrected chi connectivity index (χ1v) is 20.1. The van der Waals surface area contributed by atoms with Crippen LogP contribution in [-0.2, 0) is 31.1 Å². The molecule has 0 bridgehead atoms. The lowest BCUT2D eigenvalue weighted by Gasteiger charge is -2.36. The van der Waals surface area contributed by atoms with Crippen molar-refractivity contribution in [3.05, 3.63) is 183 Å². The maximum absolute atomic E-state index is 14.1. The van der Waals surface area contributed by atoms with Crippen LogP contribution in [0.15, 0.2) is 144 Å². The van der Waals surface area contributed by atoms with Crippen LogP contribution < -0.4 is 10.3 Å². The van der Waals surface area contributed by atoms with Crippen LogP contribution in [0, 0.1) is 0 Å². The van der Waals surface area contributed by atoms with Crippen molar-refractivity contribution < 1.29 is 23.8 Å². The third-order valence-corrected chi connectivity index (χ3v) is 10.4. The summed E-state index contributed by atoms with van der Waals surface area (Å²) in [7, 11) is 0. The molecule has 5 aromatic carbocycles. The lowest BCUT2D eigenvalue weighted by atomic mass is 9.77. The maximum Gasteiger partial charge on any atom is 0.325 e. The zero-order valence-electron chi connectivity index (χ0n) is 33.4. The first-order chi connectivity index (χ1) is 29.3. The Bertz CT molecular complexity index is 2500. The van der Waals surface area contributed by atoms with E-state index in [-0.39, 0.29) is 42.8 Å². The summed E-state index contributed by atoms with van der Waals surface area (Å²) in [5, 5.41) is 17.9. The first-order valence-electron chi connectivity index (χ1n) is 19.7. The molecule has 0 aliphatic rings. The molecule has 0 unspecified atom stereocenters. The van der Waals surface area contributed by atoms with E-state index in [1.165, 1.54) is 0 Å². The van der Waals surface area contributed by atoms with Gasteiger partial charge in [-0.1, -0.05) is 158 Å². The molecular formula is C47H43ClN6O6. The Balaban J connectivity index is 1.31. The lowest BCUT2D eigenvalue weighted by Crippen LogP contribution is -2.39. The van der Waals surface area contributed by atoms with Crippen molar-refractivity contribution >= 4 is 23.5 Å². The number of rotatable bonds is 16. The van der Waals surface area contributed by atoms with Crippen molar-refractivity contribution in [1.82, 2.24) is 30.0 Å². The van der Waals surface area contributed by atoms with E-state index in [4.69, 9.17) is 31.0 Å². The van der Waals surface area contributed by atoms with Crippen molar-refractivity contribution in [2.24, 2.45) is 0 Å². The Kier molecular flexibility index (Phi) is 12.9. The average Bonchev–Trinajstić information content (AvgIpc) is 3.77. The fourth-order valence-corrected chi connectivity index (χ4v) is 7.64. The van der Waals surface area contributed by atoms with E-state index in [0.717, 1.165) is 38.1 Å². The monoisotopic (exact) mass is 822 g/mol. The standard InChI is InChI=1S/C47H43ClN6O6/c1-4-30-60-43-41(48)39(40(45(56)58-5-2)46(57)59-6-3)44(55)53(50-43)31-32-26-28-33(29-27-32)37-24-16-17-25-38(37)42-49-51-52-54(42)47(34-18-10-7-11-19-34,35-20-12-8-13-21-35)36-22-14-9-15-23-36/h7-29,40H,4-6,30-31H2,1-3H3. The van der Waals surface area contributed by atoms with Gasteiger partial charge in [-0.3, -0.25) is 14.4 Å². The molecule has 12 nitrogen and oxygen atoms in total. The lowest BCUT2D eigenvalue weighted by molar-refractivity contribution is -0.157. The summed E-state index contributed by atoms with van der Waals surface area (Å²) in [6, 6.07) is 46.2. The molecule has 0 aliphatic carbocycles. The van der Waals surface area contributed by atoms with Crippen molar-refractivity contribution in [2.75, 3.05) is 19.8 Å². The second-order valence-corrected chi connectivity index (χ2v) is 14.1. The Hall–Kier alpha value is -6.92. The summed E-state index contributed by atoms with van der Waals surface area (Å²) >= 11 is 6.67. The van der Waals surface area contributed by atoms with E-state index in [0.29, 0.717) is 17.8 Å². The highest BCUT2D eigenvalue weighted by Crippen LogP contribution is 2.43. The Morgan fingerprint density at radius 3 is 1.73 bits per heavy atom. The van der Waals surface area contributed by atoms with Crippen molar-refractivity contribution in [1.29, 1.82) is 0 Å². The molecule has 13 heteroatoms. The molecule has 7 rings (SSSR count). The fourth-order valence-electron chi connectivity index (χ4n) is 7.36. The number of tetrazole rings is 1. The van der Waals surface area contributed by atoms with E-state index in [1.807, 2.05) is 115 Å². The Morgan fingerprint density at radius 2 is 1.22 bits per heavy atom. The summed E-state index contributed by atoms with van der Waals surface area (Å²) in [4.78, 5) is 40.4. The number of esters is 2. The van der Waals surface area contributed by atoms with Crippen molar-refractivity contribution in [3.8, 4) is 28.4 Å². The summed E-state index contributed by atoms with van der Waals surface area (Å²) < 4.78 is 19.2. The number of nitrogens with zero attached hydrogens (tertiary/aromatic N) is 6. The number of halogens is 1. The summed E-state index contributed by atoms with van der Waals surface area (Å²) in [5.41, 5.74) is 4.14. The topological polar surface area (TPSA) is 140 Å². The zero-order chi connectivity index (χ0) is 42.1. The van der Waals surface area contributed by atoms with Gasteiger partial charge < -0.3 is 14.2 Å². The molecule has 0 saturated heterocycles. The summed E-state index contributed by atoms with van der Waals surface area (Å²) in [6.07, 6.45) is 0.618. The van der Waals surface area contributed by atoms with Gasteiger partial charge in [0.1, 0.15) is 10.6 Å². The molecule has 60 heavy (non-hydrogen) atoms. The van der Waals surface area contributed by atoms with Gasteiger partial charge in [0.15, 0.2) is 11.7 Å². The molecule has 0 N–H and O–H groups in total. The molecule has 0 atom stereocenters. The van der Waals surface area contributed by atoms with Gasteiger partial charge in [-0.05, 0) is 64.1 Å². The quantitative estimate of drug-likeness (QED) is 0.0534. The number of hydrogen-bond donors (Lipinski definition) is 0. The van der Waals surface area contributed by atoms with Crippen molar-refractivity contribution in [3.63, 3.8) is 0 Å². The van der Waals surface area contributed by atoms with Gasteiger partial charge in [-0.2, -0.15) is 0 Å². The van der Waals surface area contributed by atoms with Gasteiger partial charge in [0.25, 0.3) is 11.4 Å². The predicted octanol–water partition coefficient (Wildman–Crippen LogP) is 8.10. The van der Waals surface area contributed by atoms with Crippen LogP contribution in [0.3, 0.4) is 0 Å². The molecule has 0 fully saturated rings. The minimum atomic E-state index is -1.73. The summed E-state index contributed by atoms with van der Waals surface area (Å²) in [5.74, 6) is -3.20. The minimum absolute atomic E-state index is 0.0246. The van der Waals surface area contributed by atoms with E-state index >= 15 is 0 Å². The zero-order valence-corrected chi connectivity index (χ0v) is 34.2. The van der Waals surface area contributed by atoms with Crippen LogP contribution in [0.5, 0.6) is 5.88 Å². The molecule has 2 aromatic heterocycles. The molecule has 0 radical (unpaired) electrons. The fraction of sp³-hybridized carbons (Fsp3) is 0.213. The molecular weight excluding hydrogens is 780 g/mol. The third-order valence-electron chi connectivity index (χ3n) is 10.0. The Morgan fingerprint density at radius 1 is 0.700 bits per heavy atom. The van der Waals surface area contributed by atoms with Gasteiger partial charge in [0, 0.05) is 5.56 Å². The van der Waals surface area contributed by atoms with E-state index in [9.17, 15) is 14.4 Å². The van der Waals surface area contributed by atoms with Crippen LogP contribution in [0.1, 0.15) is 60.9 Å². The van der Waals surface area contributed by atoms with Crippen LogP contribution in [0.4, 0.5) is 0 Å². The van der Waals surface area contributed by atoms with Crippen LogP contribution >= 0.6 is 11.6 Å². The highest BCUT2D eigenvalue weighted by molar-refractivity contribution is 6.33. The highest BCUT2D eigenvalue weighted by atomic mass is 35.5. The van der Waals surface area contributed by atoms with Crippen LogP contribution in [-0.4, -0.2) is 61.7 Å². The Labute approximate surface area is 352 Å². The first kappa shape index (κ1) is 41.2. The van der Waals surface area contributed by atoms with Gasteiger partial charge in [0.05, 0.1) is 31.9 Å². The second-order valence-electron chi connectivity index (χ2n) is 13.7. The van der Waals surface area contributed by atoms with E-state index < -0.39 is 29.0 Å². The van der Waals surface area contributed by atoms with Gasteiger partial charge in [-0.15, -0.1) is 10.2 Å². The summed E-state index contributed by atoms with van der Waals surface area (Å²) in [6.45, 7) is 5.25.